The Hall–Kier alpha value is -3.15. The molecule has 0 fully saturated rings. The molecule has 6 heteroatoms. The highest BCUT2D eigenvalue weighted by Gasteiger charge is 2.09. The summed E-state index contributed by atoms with van der Waals surface area (Å²) in [5, 5.41) is 6.67. The molecule has 0 saturated carbocycles. The van der Waals surface area contributed by atoms with Gasteiger partial charge in [0.1, 0.15) is 5.75 Å². The van der Waals surface area contributed by atoms with Crippen LogP contribution in [-0.2, 0) is 9.59 Å². The molecule has 0 heterocycles. The zero-order valence-electron chi connectivity index (χ0n) is 14.2. The summed E-state index contributed by atoms with van der Waals surface area (Å²) in [6, 6.07) is 16.7. The van der Waals surface area contributed by atoms with Crippen molar-refractivity contribution in [2.45, 2.75) is 19.9 Å². The SMILES string of the molecule is CC(=O)N/N=C/c1ccc(OCC(=O)N[C@@H](C)c2ccccc2)cc1. The summed E-state index contributed by atoms with van der Waals surface area (Å²) in [6.45, 7) is 3.25. The van der Waals surface area contributed by atoms with Crippen molar-refractivity contribution >= 4 is 18.0 Å². The number of carbonyl (C=O) groups excluding carboxylic acids is 2. The molecular formula is C19H21N3O3. The molecule has 1 atom stereocenters. The second-order valence-corrected chi connectivity index (χ2v) is 5.48. The summed E-state index contributed by atoms with van der Waals surface area (Å²) in [5.74, 6) is 0.166. The van der Waals surface area contributed by atoms with E-state index < -0.39 is 0 Å². The Morgan fingerprint density at radius 1 is 1.12 bits per heavy atom. The fraction of sp³-hybridized carbons (Fsp3) is 0.211. The van der Waals surface area contributed by atoms with Crippen molar-refractivity contribution in [1.82, 2.24) is 10.7 Å². The van der Waals surface area contributed by atoms with Gasteiger partial charge in [0, 0.05) is 6.92 Å². The van der Waals surface area contributed by atoms with Crippen LogP contribution in [-0.4, -0.2) is 24.6 Å². The third kappa shape index (κ3) is 6.47. The van der Waals surface area contributed by atoms with E-state index in [1.54, 1.807) is 24.3 Å². The molecule has 6 nitrogen and oxygen atoms in total. The second kappa shape index (κ2) is 9.22. The van der Waals surface area contributed by atoms with Gasteiger partial charge in [-0.3, -0.25) is 9.59 Å². The lowest BCUT2D eigenvalue weighted by Gasteiger charge is -2.14. The van der Waals surface area contributed by atoms with Crippen molar-refractivity contribution in [3.05, 3.63) is 65.7 Å². The van der Waals surface area contributed by atoms with Crippen LogP contribution >= 0.6 is 0 Å². The molecule has 2 aromatic carbocycles. The number of amides is 2. The number of hydrazone groups is 1. The Bertz CT molecular complexity index is 727. The van der Waals surface area contributed by atoms with Gasteiger partial charge in [0.2, 0.25) is 5.91 Å². The van der Waals surface area contributed by atoms with Gasteiger partial charge in [-0.1, -0.05) is 30.3 Å². The minimum Gasteiger partial charge on any atom is -0.484 e. The molecule has 130 valence electrons. The number of hydrogen-bond acceptors (Lipinski definition) is 4. The third-order valence-corrected chi connectivity index (χ3v) is 3.36. The lowest BCUT2D eigenvalue weighted by molar-refractivity contribution is -0.123. The van der Waals surface area contributed by atoms with Crippen LogP contribution in [0.4, 0.5) is 0 Å². The van der Waals surface area contributed by atoms with Crippen LogP contribution in [0.15, 0.2) is 59.7 Å². The number of rotatable bonds is 7. The third-order valence-electron chi connectivity index (χ3n) is 3.36. The first-order valence-corrected chi connectivity index (χ1v) is 7.91. The van der Waals surface area contributed by atoms with Crippen LogP contribution in [0.1, 0.15) is 31.0 Å². The van der Waals surface area contributed by atoms with Gasteiger partial charge >= 0.3 is 0 Å². The summed E-state index contributed by atoms with van der Waals surface area (Å²) < 4.78 is 5.48. The van der Waals surface area contributed by atoms with Crippen LogP contribution < -0.4 is 15.5 Å². The van der Waals surface area contributed by atoms with Crippen LogP contribution in [0.2, 0.25) is 0 Å². The topological polar surface area (TPSA) is 79.8 Å². The maximum Gasteiger partial charge on any atom is 0.258 e. The molecule has 0 aliphatic rings. The van der Waals surface area contributed by atoms with Gasteiger partial charge in [0.05, 0.1) is 12.3 Å². The molecule has 0 aliphatic heterocycles. The summed E-state index contributed by atoms with van der Waals surface area (Å²) in [4.78, 5) is 22.7. The van der Waals surface area contributed by atoms with E-state index in [0.29, 0.717) is 5.75 Å². The van der Waals surface area contributed by atoms with Crippen molar-refractivity contribution in [3.63, 3.8) is 0 Å². The first kappa shape index (κ1) is 18.2. The van der Waals surface area contributed by atoms with Crippen molar-refractivity contribution < 1.29 is 14.3 Å². The van der Waals surface area contributed by atoms with E-state index in [2.05, 4.69) is 15.8 Å². The fourth-order valence-corrected chi connectivity index (χ4v) is 2.10. The normalized spacial score (nSPS) is 11.8. The van der Waals surface area contributed by atoms with Gasteiger partial charge in [-0.2, -0.15) is 5.10 Å². The molecule has 2 rings (SSSR count). The van der Waals surface area contributed by atoms with Crippen molar-refractivity contribution in [1.29, 1.82) is 0 Å². The van der Waals surface area contributed by atoms with Gasteiger partial charge in [-0.05, 0) is 42.3 Å². The van der Waals surface area contributed by atoms with E-state index in [1.807, 2.05) is 37.3 Å². The lowest BCUT2D eigenvalue weighted by Crippen LogP contribution is -2.31. The quantitative estimate of drug-likeness (QED) is 0.600. The molecule has 25 heavy (non-hydrogen) atoms. The van der Waals surface area contributed by atoms with Gasteiger partial charge in [-0.25, -0.2) is 5.43 Å². The Morgan fingerprint density at radius 2 is 1.80 bits per heavy atom. The van der Waals surface area contributed by atoms with Gasteiger partial charge < -0.3 is 10.1 Å². The first-order chi connectivity index (χ1) is 12.0. The minimum atomic E-state index is -0.230. The zero-order valence-corrected chi connectivity index (χ0v) is 14.2. The van der Waals surface area contributed by atoms with Crippen molar-refractivity contribution in [3.8, 4) is 5.75 Å². The van der Waals surface area contributed by atoms with Gasteiger partial charge in [-0.15, -0.1) is 0 Å². The minimum absolute atomic E-state index is 0.0590. The largest absolute Gasteiger partial charge is 0.484 e. The maximum atomic E-state index is 12.0. The average molecular weight is 339 g/mol. The summed E-state index contributed by atoms with van der Waals surface area (Å²) in [7, 11) is 0. The van der Waals surface area contributed by atoms with Gasteiger partial charge in [0.25, 0.3) is 5.91 Å². The molecule has 0 saturated heterocycles. The number of ether oxygens (including phenoxy) is 1. The Kier molecular flexibility index (Phi) is 6.71. The molecule has 0 bridgehead atoms. The first-order valence-electron chi connectivity index (χ1n) is 7.91. The number of hydrogen-bond donors (Lipinski definition) is 2. The van der Waals surface area contributed by atoms with Crippen LogP contribution in [0, 0.1) is 0 Å². The average Bonchev–Trinajstić information content (AvgIpc) is 2.61. The molecule has 0 aromatic heterocycles. The number of nitrogens with zero attached hydrogens (tertiary/aromatic N) is 1. The zero-order chi connectivity index (χ0) is 18.1. The molecule has 0 aliphatic carbocycles. The molecule has 0 unspecified atom stereocenters. The predicted octanol–water partition coefficient (Wildman–Crippen LogP) is 2.41. The fourth-order valence-electron chi connectivity index (χ4n) is 2.10. The second-order valence-electron chi connectivity index (χ2n) is 5.48. The van der Waals surface area contributed by atoms with Crippen LogP contribution in [0.25, 0.3) is 0 Å². The van der Waals surface area contributed by atoms with E-state index in [4.69, 9.17) is 4.74 Å². The van der Waals surface area contributed by atoms with E-state index in [-0.39, 0.29) is 24.5 Å². The summed E-state index contributed by atoms with van der Waals surface area (Å²) >= 11 is 0. The van der Waals surface area contributed by atoms with E-state index in [0.717, 1.165) is 11.1 Å². The molecule has 2 N–H and O–H groups in total. The van der Waals surface area contributed by atoms with Crippen molar-refractivity contribution in [2.75, 3.05) is 6.61 Å². The Labute approximate surface area is 146 Å². The highest BCUT2D eigenvalue weighted by molar-refractivity contribution is 5.82. The molecule has 2 amide bonds. The van der Waals surface area contributed by atoms with E-state index in [1.165, 1.54) is 13.1 Å². The summed E-state index contributed by atoms with van der Waals surface area (Å²) in [6.07, 6.45) is 1.53. The molecular weight excluding hydrogens is 318 g/mol. The Balaban J connectivity index is 1.79. The predicted molar refractivity (Wildman–Crippen MR) is 96.3 cm³/mol. The van der Waals surface area contributed by atoms with E-state index >= 15 is 0 Å². The summed E-state index contributed by atoms with van der Waals surface area (Å²) in [5.41, 5.74) is 4.18. The maximum absolute atomic E-state index is 12.0. The lowest BCUT2D eigenvalue weighted by atomic mass is 10.1. The Morgan fingerprint density at radius 3 is 2.44 bits per heavy atom. The monoisotopic (exact) mass is 339 g/mol. The smallest absolute Gasteiger partial charge is 0.258 e. The van der Waals surface area contributed by atoms with E-state index in [9.17, 15) is 9.59 Å². The number of carbonyl (C=O) groups is 2. The highest BCUT2D eigenvalue weighted by atomic mass is 16.5. The van der Waals surface area contributed by atoms with Crippen LogP contribution in [0.3, 0.4) is 0 Å². The standard InChI is InChI=1S/C19H21N3O3/c1-14(17-6-4-3-5-7-17)21-19(24)13-25-18-10-8-16(9-11-18)12-20-22-15(2)23/h3-12,14H,13H2,1-2H3,(H,21,24)(H,22,23)/b20-12+/t14-/m0/s1. The molecule has 0 radical (unpaired) electrons. The number of nitrogens with one attached hydrogen (secondary N) is 2. The van der Waals surface area contributed by atoms with Crippen molar-refractivity contribution in [2.24, 2.45) is 5.10 Å². The number of benzene rings is 2. The highest BCUT2D eigenvalue weighted by Crippen LogP contribution is 2.12. The molecule has 2 aromatic rings. The van der Waals surface area contributed by atoms with Crippen LogP contribution in [0.5, 0.6) is 5.75 Å². The van der Waals surface area contributed by atoms with Gasteiger partial charge in [0.15, 0.2) is 6.61 Å². The molecule has 0 spiro atoms.